The molecule has 0 aromatic heterocycles. The molecule has 2 bridgehead atoms. The summed E-state index contributed by atoms with van der Waals surface area (Å²) in [6.45, 7) is 6.70. The van der Waals surface area contributed by atoms with Crippen LogP contribution in [-0.2, 0) is 0 Å². The van der Waals surface area contributed by atoms with E-state index < -0.39 is 0 Å². The van der Waals surface area contributed by atoms with Gasteiger partial charge in [0.25, 0.3) is 0 Å². The highest BCUT2D eigenvalue weighted by Gasteiger charge is 2.62. The van der Waals surface area contributed by atoms with Crippen LogP contribution in [0, 0.1) is 0 Å². The average Bonchev–Trinajstić information content (AvgIpc) is 2.88. The van der Waals surface area contributed by atoms with Crippen LogP contribution in [0.4, 0.5) is 0 Å². The Labute approximate surface area is 88.9 Å². The Morgan fingerprint density at radius 1 is 1.33 bits per heavy atom. The van der Waals surface area contributed by atoms with Gasteiger partial charge < -0.3 is 0 Å². The zero-order valence-corrected chi connectivity index (χ0v) is 8.76. The average molecular weight is 209 g/mol. The third-order valence-electron chi connectivity index (χ3n) is 4.38. The number of nitrogens with two attached hydrogens (primary N) is 1. The molecule has 3 fully saturated rings. The number of hydrogen-bond donors (Lipinski definition) is 2. The quantitative estimate of drug-likeness (QED) is 0.450. The number of nitrogens with one attached hydrogen (secondary N) is 1. The van der Waals surface area contributed by atoms with Gasteiger partial charge in [-0.15, -0.1) is 0 Å². The Morgan fingerprint density at radius 3 is 2.93 bits per heavy atom. The lowest BCUT2D eigenvalue weighted by Crippen LogP contribution is -2.76. The van der Waals surface area contributed by atoms with E-state index in [2.05, 4.69) is 20.1 Å². The number of hydrogen-bond acceptors (Lipinski definition) is 5. The standard InChI is InChI=1S/C9H17N6/c10-7-12-8-11-1-2-14(8)9-13-3-5-15(7,9)6-4-13/h7,9H,1-6,10H2,(H,11,12)/q+1. The lowest BCUT2D eigenvalue weighted by molar-refractivity contribution is -0.968. The van der Waals surface area contributed by atoms with Crippen molar-refractivity contribution in [1.29, 1.82) is 0 Å². The van der Waals surface area contributed by atoms with E-state index in [0.717, 1.165) is 23.5 Å². The maximum atomic E-state index is 6.28. The van der Waals surface area contributed by atoms with Crippen LogP contribution in [0.1, 0.15) is 0 Å². The second-order valence-electron chi connectivity index (χ2n) is 4.92. The first-order valence-corrected chi connectivity index (χ1v) is 5.75. The van der Waals surface area contributed by atoms with Gasteiger partial charge in [0.05, 0.1) is 32.7 Å². The normalized spacial score (nSPS) is 51.1. The van der Waals surface area contributed by atoms with Crippen molar-refractivity contribution in [2.45, 2.75) is 12.6 Å². The van der Waals surface area contributed by atoms with Crippen LogP contribution in [0.25, 0.3) is 0 Å². The van der Waals surface area contributed by atoms with Crippen molar-refractivity contribution in [3.05, 3.63) is 0 Å². The topological polar surface area (TPSA) is 56.9 Å². The summed E-state index contributed by atoms with van der Waals surface area (Å²) in [7, 11) is 0. The van der Waals surface area contributed by atoms with Crippen molar-refractivity contribution in [2.24, 2.45) is 10.7 Å². The molecule has 82 valence electrons. The van der Waals surface area contributed by atoms with Crippen molar-refractivity contribution < 1.29 is 4.48 Å². The molecule has 0 aliphatic carbocycles. The summed E-state index contributed by atoms with van der Waals surface area (Å²) in [6, 6.07) is 0. The van der Waals surface area contributed by atoms with Crippen LogP contribution in [-0.4, -0.2) is 72.1 Å². The smallest absolute Gasteiger partial charge is 0.231 e. The van der Waals surface area contributed by atoms with E-state index in [0.29, 0.717) is 6.29 Å². The Hall–Kier alpha value is -0.850. The van der Waals surface area contributed by atoms with Gasteiger partial charge in [-0.1, -0.05) is 0 Å². The van der Waals surface area contributed by atoms with Crippen molar-refractivity contribution in [3.63, 3.8) is 0 Å². The van der Waals surface area contributed by atoms with Crippen molar-refractivity contribution in [2.75, 3.05) is 39.3 Å². The molecule has 6 heteroatoms. The molecule has 2 atom stereocenters. The maximum Gasteiger partial charge on any atom is 0.231 e. The molecule has 4 aliphatic rings. The highest BCUT2D eigenvalue weighted by atomic mass is 15.8. The highest BCUT2D eigenvalue weighted by molar-refractivity contribution is 5.82. The van der Waals surface area contributed by atoms with E-state index in [1.807, 2.05) is 0 Å². The molecule has 0 amide bonds. The Morgan fingerprint density at radius 2 is 2.13 bits per heavy atom. The first-order chi connectivity index (χ1) is 7.31. The number of aliphatic imine (C=N–C) groups is 1. The molecule has 0 radical (unpaired) electrons. The molecular formula is C9H17N6+. The molecule has 3 saturated heterocycles. The highest BCUT2D eigenvalue weighted by Crippen LogP contribution is 2.37. The van der Waals surface area contributed by atoms with Crippen LogP contribution in [0.15, 0.2) is 4.99 Å². The van der Waals surface area contributed by atoms with Crippen molar-refractivity contribution in [1.82, 2.24) is 15.1 Å². The van der Waals surface area contributed by atoms with Crippen molar-refractivity contribution >= 4 is 5.96 Å². The largest absolute Gasteiger partial charge is 0.293 e. The number of fused-ring (bicyclic) bond motifs is 1. The van der Waals surface area contributed by atoms with E-state index in [1.54, 1.807) is 0 Å². The first-order valence-electron chi connectivity index (χ1n) is 5.75. The molecule has 6 nitrogen and oxygen atoms in total. The third-order valence-corrected chi connectivity index (χ3v) is 4.38. The number of piperazine rings is 1. The Kier molecular flexibility index (Phi) is 1.36. The molecule has 0 spiro atoms. The predicted molar refractivity (Wildman–Crippen MR) is 55.5 cm³/mol. The summed E-state index contributed by atoms with van der Waals surface area (Å²) in [5.74, 6) is 1.02. The summed E-state index contributed by atoms with van der Waals surface area (Å²) in [5.41, 5.74) is 6.28. The fourth-order valence-corrected chi connectivity index (χ4v) is 3.61. The van der Waals surface area contributed by atoms with E-state index >= 15 is 0 Å². The second kappa shape index (κ2) is 2.45. The lowest BCUT2D eigenvalue weighted by Gasteiger charge is -2.48. The molecule has 4 aliphatic heterocycles. The molecule has 0 aromatic rings. The molecular weight excluding hydrogens is 192 g/mol. The predicted octanol–water partition coefficient (Wildman–Crippen LogP) is -2.07. The summed E-state index contributed by atoms with van der Waals surface area (Å²) >= 11 is 0. The SMILES string of the molecule is NC1NC2=NCCN2C2N3CC[N+]12CC3. The maximum absolute atomic E-state index is 6.28. The zero-order valence-electron chi connectivity index (χ0n) is 8.76. The number of nitrogens with zero attached hydrogens (tertiary/aromatic N) is 4. The van der Waals surface area contributed by atoms with Crippen LogP contribution in [0.3, 0.4) is 0 Å². The third kappa shape index (κ3) is 0.802. The van der Waals surface area contributed by atoms with E-state index in [4.69, 9.17) is 5.73 Å². The fourth-order valence-electron chi connectivity index (χ4n) is 3.61. The second-order valence-corrected chi connectivity index (χ2v) is 4.92. The van der Waals surface area contributed by atoms with Gasteiger partial charge in [-0.05, 0) is 0 Å². The zero-order chi connectivity index (χ0) is 10.0. The van der Waals surface area contributed by atoms with Gasteiger partial charge in [-0.2, -0.15) is 0 Å². The summed E-state index contributed by atoms with van der Waals surface area (Å²) < 4.78 is 1.01. The van der Waals surface area contributed by atoms with Gasteiger partial charge in [0, 0.05) is 6.54 Å². The van der Waals surface area contributed by atoms with Crippen LogP contribution < -0.4 is 11.1 Å². The minimum Gasteiger partial charge on any atom is -0.293 e. The molecule has 4 heterocycles. The minimum atomic E-state index is 0.0376. The van der Waals surface area contributed by atoms with Gasteiger partial charge in [-0.25, -0.2) is 4.90 Å². The van der Waals surface area contributed by atoms with E-state index in [1.165, 1.54) is 26.2 Å². The van der Waals surface area contributed by atoms with Gasteiger partial charge in [0.2, 0.25) is 18.5 Å². The van der Waals surface area contributed by atoms with Crippen molar-refractivity contribution in [3.8, 4) is 0 Å². The van der Waals surface area contributed by atoms with Crippen LogP contribution in [0.2, 0.25) is 0 Å². The van der Waals surface area contributed by atoms with Gasteiger partial charge >= 0.3 is 0 Å². The molecule has 4 rings (SSSR count). The Balaban J connectivity index is 1.81. The van der Waals surface area contributed by atoms with Gasteiger partial charge in [-0.3, -0.25) is 25.4 Å². The van der Waals surface area contributed by atoms with E-state index in [9.17, 15) is 0 Å². The molecule has 3 N–H and O–H groups in total. The monoisotopic (exact) mass is 209 g/mol. The summed E-state index contributed by atoms with van der Waals surface area (Å²) in [5, 5.41) is 3.37. The molecule has 15 heavy (non-hydrogen) atoms. The number of guanidine groups is 1. The van der Waals surface area contributed by atoms with Crippen LogP contribution in [0.5, 0.6) is 0 Å². The lowest BCUT2D eigenvalue weighted by atomic mass is 10.3. The molecule has 0 saturated carbocycles. The molecule has 2 unspecified atom stereocenters. The molecule has 0 aromatic carbocycles. The summed E-state index contributed by atoms with van der Waals surface area (Å²) in [6.07, 6.45) is 0.512. The number of rotatable bonds is 0. The Bertz CT molecular complexity index is 331. The first kappa shape index (κ1) is 8.32. The van der Waals surface area contributed by atoms with Crippen LogP contribution >= 0.6 is 0 Å². The minimum absolute atomic E-state index is 0.0376. The van der Waals surface area contributed by atoms with E-state index in [-0.39, 0.29) is 6.29 Å². The van der Waals surface area contributed by atoms with Gasteiger partial charge in [0.15, 0.2) is 0 Å². The number of quaternary nitrogens is 1. The fraction of sp³-hybridized carbons (Fsp3) is 0.889. The van der Waals surface area contributed by atoms with Gasteiger partial charge in [0.1, 0.15) is 0 Å². The summed E-state index contributed by atoms with van der Waals surface area (Å²) in [4.78, 5) is 9.44.